The van der Waals surface area contributed by atoms with Crippen LogP contribution in [0.2, 0.25) is 0 Å². The van der Waals surface area contributed by atoms with Gasteiger partial charge >= 0.3 is 5.97 Å². The molecule has 0 amide bonds. The summed E-state index contributed by atoms with van der Waals surface area (Å²) in [6.45, 7) is -0.692. The Kier molecular flexibility index (Phi) is 5.44. The highest BCUT2D eigenvalue weighted by molar-refractivity contribution is 6.30. The van der Waals surface area contributed by atoms with Gasteiger partial charge in [0.2, 0.25) is 12.1 Å². The van der Waals surface area contributed by atoms with Crippen LogP contribution in [0.25, 0.3) is 0 Å². The maximum atomic E-state index is 13.2. The van der Waals surface area contributed by atoms with Crippen molar-refractivity contribution in [1.29, 1.82) is 0 Å². The molecule has 2 aromatic rings. The number of ketones is 2. The smallest absolute Gasteiger partial charge is 0.335 e. The summed E-state index contributed by atoms with van der Waals surface area (Å²) in [6, 6.07) is 5.81. The normalized spacial score (nSPS) is 26.9. The van der Waals surface area contributed by atoms with E-state index in [4.69, 9.17) is 9.47 Å². The second-order valence-electron chi connectivity index (χ2n) is 7.38. The lowest BCUT2D eigenvalue weighted by atomic mass is 9.82. The molecule has 4 rings (SSSR count). The molecule has 1 heterocycles. The molecule has 0 saturated carbocycles. The lowest BCUT2D eigenvalue weighted by molar-refractivity contribution is -0.277. The van der Waals surface area contributed by atoms with Gasteiger partial charge < -0.3 is 40.1 Å². The Bertz CT molecular complexity index is 1120. The van der Waals surface area contributed by atoms with Crippen molar-refractivity contribution < 1.29 is 54.5 Å². The fourth-order valence-corrected chi connectivity index (χ4v) is 3.78. The first-order valence-corrected chi connectivity index (χ1v) is 9.45. The number of hydrogen-bond acceptors (Lipinski definition) is 10. The van der Waals surface area contributed by atoms with Crippen LogP contribution < -0.4 is 4.74 Å². The third-order valence-corrected chi connectivity index (χ3v) is 5.43. The number of aliphatic hydroxyl groups is 4. The number of hydrogen-bond donors (Lipinski definition) is 6. The number of phenolic OH excluding ortho intramolecular Hbond substituents is 1. The van der Waals surface area contributed by atoms with Crippen LogP contribution in [0.4, 0.5) is 0 Å². The molecule has 168 valence electrons. The van der Waals surface area contributed by atoms with Crippen molar-refractivity contribution in [1.82, 2.24) is 0 Å². The molecular weight excluding hydrogens is 428 g/mol. The number of aromatic hydroxyl groups is 1. The van der Waals surface area contributed by atoms with E-state index in [1.165, 1.54) is 18.2 Å². The van der Waals surface area contributed by atoms with Crippen molar-refractivity contribution in [3.63, 3.8) is 0 Å². The molecular formula is C21H18O11. The van der Waals surface area contributed by atoms with Gasteiger partial charge in [-0.2, -0.15) is 0 Å². The minimum atomic E-state index is -1.75. The summed E-state index contributed by atoms with van der Waals surface area (Å²) in [5.74, 6) is -3.88. The third kappa shape index (κ3) is 3.32. The van der Waals surface area contributed by atoms with Crippen LogP contribution in [-0.4, -0.2) is 85.5 Å². The van der Waals surface area contributed by atoms with E-state index in [0.717, 1.165) is 12.1 Å². The quantitative estimate of drug-likeness (QED) is 0.289. The van der Waals surface area contributed by atoms with Crippen molar-refractivity contribution in [2.75, 3.05) is 6.61 Å². The summed E-state index contributed by atoms with van der Waals surface area (Å²) in [7, 11) is 0. The first kappa shape index (κ1) is 21.9. The lowest BCUT2D eigenvalue weighted by Crippen LogP contribution is -2.60. The van der Waals surface area contributed by atoms with E-state index < -0.39 is 66.2 Å². The number of rotatable bonds is 4. The van der Waals surface area contributed by atoms with Gasteiger partial charge in [0.1, 0.15) is 35.9 Å². The number of phenols is 1. The number of carboxylic acid groups (broad SMARTS) is 1. The first-order valence-electron chi connectivity index (χ1n) is 9.45. The second-order valence-corrected chi connectivity index (χ2v) is 7.38. The average Bonchev–Trinajstić information content (AvgIpc) is 2.77. The molecule has 0 aromatic heterocycles. The number of carbonyl (C=O) groups is 3. The summed E-state index contributed by atoms with van der Waals surface area (Å²) < 4.78 is 10.8. The van der Waals surface area contributed by atoms with Gasteiger partial charge in [0.05, 0.1) is 23.3 Å². The minimum absolute atomic E-state index is 0.133. The van der Waals surface area contributed by atoms with Gasteiger partial charge in [-0.15, -0.1) is 0 Å². The van der Waals surface area contributed by atoms with Gasteiger partial charge in [-0.25, -0.2) is 4.79 Å². The van der Waals surface area contributed by atoms with Gasteiger partial charge in [0.25, 0.3) is 0 Å². The molecule has 0 unspecified atom stereocenters. The molecule has 0 bridgehead atoms. The van der Waals surface area contributed by atoms with Gasteiger partial charge in [-0.1, -0.05) is 12.1 Å². The SMILES string of the molecule is O=C(O)c1cc(O)c2c(c1)C(=O)c1cccc(O[C@H]3O[C@@H](CO)[C@H](O)[C@H](O)[C@@H]3O)c1C2=O. The van der Waals surface area contributed by atoms with Crippen molar-refractivity contribution in [2.24, 2.45) is 0 Å². The molecule has 1 fully saturated rings. The van der Waals surface area contributed by atoms with Gasteiger partial charge in [0.15, 0.2) is 5.78 Å². The Morgan fingerprint density at radius 1 is 0.969 bits per heavy atom. The highest BCUT2D eigenvalue weighted by Gasteiger charge is 2.45. The van der Waals surface area contributed by atoms with Gasteiger partial charge in [-0.05, 0) is 18.2 Å². The minimum Gasteiger partial charge on any atom is -0.507 e. The van der Waals surface area contributed by atoms with Crippen molar-refractivity contribution in [2.45, 2.75) is 30.7 Å². The summed E-state index contributed by atoms with van der Waals surface area (Å²) >= 11 is 0. The molecule has 1 aliphatic heterocycles. The van der Waals surface area contributed by atoms with Crippen LogP contribution in [0.1, 0.15) is 42.2 Å². The van der Waals surface area contributed by atoms with Crippen LogP contribution in [0, 0.1) is 0 Å². The molecule has 0 spiro atoms. The molecule has 11 heteroatoms. The van der Waals surface area contributed by atoms with Crippen molar-refractivity contribution in [3.05, 3.63) is 58.1 Å². The molecule has 1 aliphatic carbocycles. The Morgan fingerprint density at radius 3 is 2.34 bits per heavy atom. The monoisotopic (exact) mass is 446 g/mol. The van der Waals surface area contributed by atoms with Crippen molar-refractivity contribution >= 4 is 17.5 Å². The third-order valence-electron chi connectivity index (χ3n) is 5.43. The van der Waals surface area contributed by atoms with Crippen LogP contribution in [-0.2, 0) is 4.74 Å². The number of aromatic carboxylic acids is 1. The summed E-state index contributed by atoms with van der Waals surface area (Å²) in [5.41, 5.74) is -1.46. The Balaban J connectivity index is 1.76. The fourth-order valence-electron chi connectivity index (χ4n) is 3.78. The van der Waals surface area contributed by atoms with E-state index in [-0.39, 0.29) is 28.0 Å². The molecule has 5 atom stereocenters. The van der Waals surface area contributed by atoms with E-state index in [2.05, 4.69) is 0 Å². The maximum Gasteiger partial charge on any atom is 0.335 e. The Hall–Kier alpha value is -3.35. The average molecular weight is 446 g/mol. The molecule has 32 heavy (non-hydrogen) atoms. The summed E-state index contributed by atoms with van der Waals surface area (Å²) in [6.07, 6.45) is -7.95. The summed E-state index contributed by atoms with van der Waals surface area (Å²) in [5, 5.41) is 58.8. The van der Waals surface area contributed by atoms with E-state index in [0.29, 0.717) is 0 Å². The molecule has 2 aromatic carbocycles. The number of benzene rings is 2. The van der Waals surface area contributed by atoms with Crippen LogP contribution >= 0.6 is 0 Å². The van der Waals surface area contributed by atoms with E-state index >= 15 is 0 Å². The highest BCUT2D eigenvalue weighted by atomic mass is 16.7. The van der Waals surface area contributed by atoms with Crippen LogP contribution in [0.3, 0.4) is 0 Å². The molecule has 0 radical (unpaired) electrons. The summed E-state index contributed by atoms with van der Waals surface area (Å²) in [4.78, 5) is 37.4. The zero-order valence-corrected chi connectivity index (χ0v) is 16.2. The largest absolute Gasteiger partial charge is 0.507 e. The highest BCUT2D eigenvalue weighted by Crippen LogP contribution is 2.38. The maximum absolute atomic E-state index is 13.2. The standard InChI is InChI=1S/C21H18O11/c22-6-12-16(25)18(27)19(28)21(32-12)31-11-3-1-2-8-14(11)17(26)13-9(15(8)24)4-7(20(29)30)5-10(13)23/h1-5,12,16,18-19,21-23,25,27-28H,6H2,(H,29,30)/t12-,16-,18-,19-,21-/m0/s1. The zero-order valence-electron chi connectivity index (χ0n) is 16.2. The molecule has 1 saturated heterocycles. The number of aliphatic hydroxyl groups excluding tert-OH is 4. The number of ether oxygens (including phenoxy) is 2. The van der Waals surface area contributed by atoms with E-state index in [9.17, 15) is 45.0 Å². The van der Waals surface area contributed by atoms with Gasteiger partial charge in [0, 0.05) is 11.1 Å². The predicted octanol–water partition coefficient (Wildman–Crippen LogP) is -0.956. The van der Waals surface area contributed by atoms with Crippen LogP contribution in [0.15, 0.2) is 30.3 Å². The Morgan fingerprint density at radius 2 is 1.69 bits per heavy atom. The zero-order chi connectivity index (χ0) is 23.3. The fraction of sp³-hybridized carbons (Fsp3) is 0.286. The predicted molar refractivity (Wildman–Crippen MR) is 103 cm³/mol. The first-order chi connectivity index (χ1) is 15.1. The number of carbonyl (C=O) groups excluding carboxylic acids is 2. The number of fused-ring (bicyclic) bond motifs is 2. The molecule has 2 aliphatic rings. The van der Waals surface area contributed by atoms with Crippen LogP contribution in [0.5, 0.6) is 11.5 Å². The second kappa shape index (κ2) is 7.97. The number of carboxylic acids is 1. The Labute approximate surface area is 179 Å². The topological polar surface area (TPSA) is 191 Å². The van der Waals surface area contributed by atoms with E-state index in [1.54, 1.807) is 0 Å². The molecule has 11 nitrogen and oxygen atoms in total. The van der Waals surface area contributed by atoms with Gasteiger partial charge in [-0.3, -0.25) is 9.59 Å². The lowest BCUT2D eigenvalue weighted by Gasteiger charge is -2.39. The van der Waals surface area contributed by atoms with E-state index in [1.807, 2.05) is 0 Å². The molecule has 6 N–H and O–H groups in total. The van der Waals surface area contributed by atoms with Crippen molar-refractivity contribution in [3.8, 4) is 11.5 Å².